The molecule has 2 radical (unpaired) electrons. The van der Waals surface area contributed by atoms with E-state index in [1.807, 2.05) is 42.6 Å². The Morgan fingerprint density at radius 1 is 1.03 bits per heavy atom. The zero-order valence-electron chi connectivity index (χ0n) is 16.2. The van der Waals surface area contributed by atoms with Gasteiger partial charge in [-0.15, -0.1) is 11.3 Å². The zero-order chi connectivity index (χ0) is 20.9. The van der Waals surface area contributed by atoms with Crippen molar-refractivity contribution in [2.75, 3.05) is 16.0 Å². The van der Waals surface area contributed by atoms with E-state index in [0.29, 0.717) is 16.8 Å². The monoisotopic (exact) mass is 411 g/mol. The Morgan fingerprint density at radius 3 is 2.57 bits per heavy atom. The first-order chi connectivity index (χ1) is 14.6. The van der Waals surface area contributed by atoms with Gasteiger partial charge in [0.05, 0.1) is 5.69 Å². The third-order valence-corrected chi connectivity index (χ3v) is 5.12. The summed E-state index contributed by atoms with van der Waals surface area (Å²) in [7, 11) is 5.67. The van der Waals surface area contributed by atoms with Gasteiger partial charge in [0, 0.05) is 40.4 Å². The second-order valence-electron chi connectivity index (χ2n) is 6.64. The lowest BCUT2D eigenvalue weighted by molar-refractivity contribution is 0.262. The van der Waals surface area contributed by atoms with Crippen LogP contribution in [0, 0.1) is 6.92 Å². The molecule has 146 valence electrons. The van der Waals surface area contributed by atoms with Crippen molar-refractivity contribution in [2.45, 2.75) is 6.92 Å². The quantitative estimate of drug-likeness (QED) is 0.416. The number of thiazole rings is 1. The summed E-state index contributed by atoms with van der Waals surface area (Å²) in [4.78, 5) is 21.1. The minimum atomic E-state index is -0.331. The predicted octanol–water partition coefficient (Wildman–Crippen LogP) is 4.69. The van der Waals surface area contributed by atoms with Gasteiger partial charge in [-0.2, -0.15) is 0 Å². The highest BCUT2D eigenvalue weighted by Gasteiger charge is 2.09. The molecule has 4 aromatic rings. The van der Waals surface area contributed by atoms with Gasteiger partial charge >= 0.3 is 6.03 Å². The molecule has 0 bridgehead atoms. The number of aryl methyl sites for hydroxylation is 1. The molecule has 0 saturated heterocycles. The first-order valence-electron chi connectivity index (χ1n) is 9.24. The lowest BCUT2D eigenvalue weighted by atomic mass is 9.96. The summed E-state index contributed by atoms with van der Waals surface area (Å²) in [5.74, 6) is 0. The fourth-order valence-corrected chi connectivity index (χ4v) is 3.52. The van der Waals surface area contributed by atoms with Crippen molar-refractivity contribution < 1.29 is 4.79 Å². The number of anilines is 4. The number of nitrogens with one attached hydrogen (secondary N) is 3. The van der Waals surface area contributed by atoms with E-state index in [2.05, 4.69) is 25.9 Å². The Kier molecular flexibility index (Phi) is 5.76. The highest BCUT2D eigenvalue weighted by Crippen LogP contribution is 2.29. The summed E-state index contributed by atoms with van der Waals surface area (Å²) in [5.41, 5.74) is 5.71. The van der Waals surface area contributed by atoms with Gasteiger partial charge in [-0.05, 0) is 48.9 Å². The number of hydrogen-bond acceptors (Lipinski definition) is 5. The number of rotatable bonds is 5. The van der Waals surface area contributed by atoms with E-state index in [4.69, 9.17) is 7.85 Å². The molecule has 3 N–H and O–H groups in total. The van der Waals surface area contributed by atoms with E-state index in [1.165, 1.54) is 11.3 Å². The van der Waals surface area contributed by atoms with Crippen LogP contribution in [-0.2, 0) is 0 Å². The van der Waals surface area contributed by atoms with Gasteiger partial charge in [0.2, 0.25) is 0 Å². The maximum atomic E-state index is 12.3. The number of urea groups is 1. The first-order valence-corrected chi connectivity index (χ1v) is 10.1. The summed E-state index contributed by atoms with van der Waals surface area (Å²) in [5, 5.41) is 11.7. The Morgan fingerprint density at radius 2 is 1.80 bits per heavy atom. The molecule has 0 aliphatic carbocycles. The number of benzene rings is 2. The van der Waals surface area contributed by atoms with Crippen molar-refractivity contribution in [2.24, 2.45) is 0 Å². The van der Waals surface area contributed by atoms with E-state index in [-0.39, 0.29) is 6.03 Å². The molecule has 0 aliphatic heterocycles. The lowest BCUT2D eigenvalue weighted by Crippen LogP contribution is -2.19. The number of amides is 2. The number of aromatic nitrogens is 2. The fourth-order valence-electron chi connectivity index (χ4n) is 2.79. The van der Waals surface area contributed by atoms with Crippen molar-refractivity contribution in [3.05, 3.63) is 77.9 Å². The molecular weight excluding hydrogens is 393 g/mol. The molecule has 2 aromatic carbocycles. The average molecular weight is 411 g/mol. The van der Waals surface area contributed by atoms with Gasteiger partial charge in [-0.1, -0.05) is 23.7 Å². The van der Waals surface area contributed by atoms with E-state index in [1.54, 1.807) is 36.7 Å². The van der Waals surface area contributed by atoms with E-state index in [9.17, 15) is 4.79 Å². The van der Waals surface area contributed by atoms with Crippen molar-refractivity contribution in [1.29, 1.82) is 0 Å². The van der Waals surface area contributed by atoms with Gasteiger partial charge in [0.1, 0.15) is 7.85 Å². The zero-order valence-corrected chi connectivity index (χ0v) is 17.0. The number of carbonyl (C=O) groups is 1. The van der Waals surface area contributed by atoms with Crippen LogP contribution in [0.15, 0.2) is 72.4 Å². The maximum Gasteiger partial charge on any atom is 0.323 e. The Balaban J connectivity index is 1.45. The molecule has 6 nitrogen and oxygen atoms in total. The topological polar surface area (TPSA) is 78.9 Å². The van der Waals surface area contributed by atoms with Gasteiger partial charge < -0.3 is 16.0 Å². The van der Waals surface area contributed by atoms with Crippen LogP contribution < -0.4 is 21.4 Å². The van der Waals surface area contributed by atoms with Crippen LogP contribution in [0.3, 0.4) is 0 Å². The number of nitrogens with zero attached hydrogens (tertiary/aromatic N) is 2. The van der Waals surface area contributed by atoms with Crippen LogP contribution in [0.25, 0.3) is 11.3 Å². The average Bonchev–Trinajstić information content (AvgIpc) is 3.21. The summed E-state index contributed by atoms with van der Waals surface area (Å²) < 4.78 is 0. The second kappa shape index (κ2) is 8.79. The first kappa shape index (κ1) is 19.7. The largest absolute Gasteiger partial charge is 0.331 e. The molecule has 0 saturated carbocycles. The molecule has 0 spiro atoms. The smallest absolute Gasteiger partial charge is 0.323 e. The Labute approximate surface area is 179 Å². The van der Waals surface area contributed by atoms with Crippen LogP contribution in [0.1, 0.15) is 5.56 Å². The lowest BCUT2D eigenvalue weighted by Gasteiger charge is -2.12. The minimum Gasteiger partial charge on any atom is -0.331 e. The standard InChI is InChI=1S/C22H18BN5OS/c1-14-4-7-18(26-21(29)25-17-8-5-16(23)6-9-17)11-19(14)27-22-28-20(13-30-22)15-3-2-10-24-12-15/h2-13H,1H3,(H,27,28)(H2,25,26,29). The maximum absolute atomic E-state index is 12.3. The molecule has 4 rings (SSSR count). The molecule has 2 aromatic heterocycles. The third kappa shape index (κ3) is 4.85. The molecule has 0 unspecified atom stereocenters. The molecular formula is C22H18BN5OS. The van der Waals surface area contributed by atoms with Gasteiger partial charge in [-0.25, -0.2) is 9.78 Å². The molecule has 8 heteroatoms. The minimum absolute atomic E-state index is 0.331. The molecule has 0 fully saturated rings. The number of hydrogen-bond donors (Lipinski definition) is 3. The van der Waals surface area contributed by atoms with Gasteiger partial charge in [0.15, 0.2) is 5.13 Å². The number of pyridine rings is 1. The number of carbonyl (C=O) groups excluding carboxylic acids is 1. The summed E-state index contributed by atoms with van der Waals surface area (Å²) in [6.07, 6.45) is 3.52. The fraction of sp³-hybridized carbons (Fsp3) is 0.0455. The highest BCUT2D eigenvalue weighted by molar-refractivity contribution is 7.14. The van der Waals surface area contributed by atoms with Crippen LogP contribution in [0.2, 0.25) is 0 Å². The Hall–Kier alpha value is -3.65. The normalized spacial score (nSPS) is 10.4. The molecule has 0 aliphatic rings. The molecule has 2 heterocycles. The molecule has 2 amide bonds. The van der Waals surface area contributed by atoms with Crippen LogP contribution in [0.5, 0.6) is 0 Å². The van der Waals surface area contributed by atoms with Crippen molar-refractivity contribution in [3.8, 4) is 11.3 Å². The van der Waals surface area contributed by atoms with Crippen molar-refractivity contribution >= 4 is 52.9 Å². The van der Waals surface area contributed by atoms with Gasteiger partial charge in [0.25, 0.3) is 0 Å². The van der Waals surface area contributed by atoms with Crippen LogP contribution in [0.4, 0.5) is 27.0 Å². The Bertz CT molecular complexity index is 1160. The predicted molar refractivity (Wildman–Crippen MR) is 124 cm³/mol. The van der Waals surface area contributed by atoms with Crippen molar-refractivity contribution in [3.63, 3.8) is 0 Å². The molecule has 30 heavy (non-hydrogen) atoms. The molecule has 0 atom stereocenters. The summed E-state index contributed by atoms with van der Waals surface area (Å²) in [6.45, 7) is 2.00. The summed E-state index contributed by atoms with van der Waals surface area (Å²) >= 11 is 1.51. The van der Waals surface area contributed by atoms with Crippen LogP contribution >= 0.6 is 11.3 Å². The summed E-state index contributed by atoms with van der Waals surface area (Å²) in [6, 6.07) is 16.2. The van der Waals surface area contributed by atoms with E-state index < -0.39 is 0 Å². The van der Waals surface area contributed by atoms with E-state index in [0.717, 1.165) is 27.6 Å². The van der Waals surface area contributed by atoms with E-state index >= 15 is 0 Å². The SMILES string of the molecule is [B]c1ccc(NC(=O)Nc2ccc(C)c(Nc3nc(-c4cccnc4)cs3)c2)cc1. The highest BCUT2D eigenvalue weighted by atomic mass is 32.1. The van der Waals surface area contributed by atoms with Crippen LogP contribution in [-0.4, -0.2) is 23.8 Å². The third-order valence-electron chi connectivity index (χ3n) is 4.37. The van der Waals surface area contributed by atoms with Crippen molar-refractivity contribution in [1.82, 2.24) is 9.97 Å². The van der Waals surface area contributed by atoms with Gasteiger partial charge in [-0.3, -0.25) is 4.98 Å². The second-order valence-corrected chi connectivity index (χ2v) is 7.49.